The predicted octanol–water partition coefficient (Wildman–Crippen LogP) is 2.88. The van der Waals surface area contributed by atoms with E-state index in [4.69, 9.17) is 10.00 Å². The minimum absolute atomic E-state index is 0.0630. The maximum Gasteiger partial charge on any atom is 0.137 e. The first kappa shape index (κ1) is 14.3. The van der Waals surface area contributed by atoms with E-state index in [-0.39, 0.29) is 5.54 Å². The van der Waals surface area contributed by atoms with Crippen LogP contribution >= 0.6 is 0 Å². The van der Waals surface area contributed by atoms with Crippen LogP contribution in [0.15, 0.2) is 36.4 Å². The maximum atomic E-state index is 8.93. The molecule has 0 fully saturated rings. The van der Waals surface area contributed by atoms with Crippen molar-refractivity contribution in [3.8, 4) is 11.8 Å². The van der Waals surface area contributed by atoms with Gasteiger partial charge in [-0.3, -0.25) is 0 Å². The highest BCUT2D eigenvalue weighted by Gasteiger charge is 2.09. The zero-order valence-electron chi connectivity index (χ0n) is 11.3. The van der Waals surface area contributed by atoms with Crippen LogP contribution in [0.1, 0.15) is 26.3 Å². The summed E-state index contributed by atoms with van der Waals surface area (Å²) in [5.74, 6) is 0.608. The third kappa shape index (κ3) is 5.03. The van der Waals surface area contributed by atoms with E-state index in [1.165, 1.54) is 0 Å². The normalized spacial score (nSPS) is 10.8. The predicted molar refractivity (Wildman–Crippen MR) is 73.5 cm³/mol. The van der Waals surface area contributed by atoms with Crippen molar-refractivity contribution in [2.75, 3.05) is 13.2 Å². The third-order valence-electron chi connectivity index (χ3n) is 2.31. The molecule has 0 heterocycles. The number of nitriles is 1. The van der Waals surface area contributed by atoms with E-state index < -0.39 is 0 Å². The van der Waals surface area contributed by atoms with Crippen molar-refractivity contribution in [3.63, 3.8) is 0 Å². The van der Waals surface area contributed by atoms with Crippen LogP contribution in [-0.2, 0) is 0 Å². The van der Waals surface area contributed by atoms with E-state index in [1.54, 1.807) is 12.1 Å². The fourth-order valence-electron chi connectivity index (χ4n) is 1.31. The summed E-state index contributed by atoms with van der Waals surface area (Å²) in [4.78, 5) is 0. The summed E-state index contributed by atoms with van der Waals surface area (Å²) in [6.07, 6.45) is 0. The van der Waals surface area contributed by atoms with Crippen molar-refractivity contribution in [1.29, 1.82) is 5.26 Å². The molecule has 3 nitrogen and oxygen atoms in total. The van der Waals surface area contributed by atoms with Gasteiger partial charge in [0, 0.05) is 12.1 Å². The minimum atomic E-state index is 0.0630. The zero-order chi connectivity index (χ0) is 13.6. The van der Waals surface area contributed by atoms with Gasteiger partial charge in [0.25, 0.3) is 0 Å². The first-order valence-electron chi connectivity index (χ1n) is 5.96. The fraction of sp³-hybridized carbons (Fsp3) is 0.400. The Balaban J connectivity index is 2.46. The summed E-state index contributed by atoms with van der Waals surface area (Å²) in [6, 6.07) is 9.32. The molecule has 0 saturated carbocycles. The van der Waals surface area contributed by atoms with Crippen molar-refractivity contribution in [2.45, 2.75) is 26.3 Å². The molecule has 1 aromatic rings. The van der Waals surface area contributed by atoms with Crippen molar-refractivity contribution < 1.29 is 4.74 Å². The molecule has 0 aromatic heterocycles. The molecule has 1 N–H and O–H groups in total. The molecule has 0 atom stereocenters. The van der Waals surface area contributed by atoms with E-state index in [2.05, 4.69) is 38.7 Å². The molecule has 0 saturated heterocycles. The molecule has 1 rings (SSSR count). The van der Waals surface area contributed by atoms with Crippen LogP contribution in [0.5, 0.6) is 5.75 Å². The van der Waals surface area contributed by atoms with Gasteiger partial charge in [-0.05, 0) is 38.5 Å². The Hall–Kier alpha value is -1.79. The second-order valence-corrected chi connectivity index (χ2v) is 5.25. The number of hydrogen-bond acceptors (Lipinski definition) is 3. The van der Waals surface area contributed by atoms with Gasteiger partial charge in [-0.15, -0.1) is 0 Å². The lowest BCUT2D eigenvalue weighted by Gasteiger charge is -2.21. The standard InChI is InChI=1S/C15H20N2O/c1-12(10-17-15(2,3)4)11-18-14-8-6-5-7-13(14)9-16/h5-8,17H,1,10-11H2,2-4H3. The van der Waals surface area contributed by atoms with Crippen LogP contribution in [0.25, 0.3) is 0 Å². The molecule has 0 aliphatic carbocycles. The van der Waals surface area contributed by atoms with Crippen LogP contribution in [0, 0.1) is 11.3 Å². The molecule has 96 valence electrons. The Kier molecular flexibility index (Phi) is 4.94. The summed E-state index contributed by atoms with van der Waals surface area (Å²) in [6.45, 7) is 11.4. The van der Waals surface area contributed by atoms with Gasteiger partial charge in [0.1, 0.15) is 18.4 Å². The zero-order valence-corrected chi connectivity index (χ0v) is 11.3. The molecule has 1 aromatic carbocycles. The lowest BCUT2D eigenvalue weighted by Crippen LogP contribution is -2.37. The van der Waals surface area contributed by atoms with Gasteiger partial charge < -0.3 is 10.1 Å². The van der Waals surface area contributed by atoms with Gasteiger partial charge in [-0.2, -0.15) is 5.26 Å². The highest BCUT2D eigenvalue weighted by atomic mass is 16.5. The molecule has 3 heteroatoms. The molecule has 18 heavy (non-hydrogen) atoms. The summed E-state index contributed by atoms with van der Waals surface area (Å²) in [5.41, 5.74) is 1.57. The lowest BCUT2D eigenvalue weighted by atomic mass is 10.1. The maximum absolute atomic E-state index is 8.93. The van der Waals surface area contributed by atoms with Gasteiger partial charge in [0.05, 0.1) is 5.56 Å². The van der Waals surface area contributed by atoms with Crippen LogP contribution in [0.3, 0.4) is 0 Å². The average Bonchev–Trinajstić information content (AvgIpc) is 2.33. The number of nitrogens with zero attached hydrogens (tertiary/aromatic N) is 1. The van der Waals surface area contributed by atoms with E-state index in [1.807, 2.05) is 12.1 Å². The van der Waals surface area contributed by atoms with Gasteiger partial charge in [0.15, 0.2) is 0 Å². The van der Waals surface area contributed by atoms with Crippen molar-refractivity contribution in [2.24, 2.45) is 0 Å². The van der Waals surface area contributed by atoms with E-state index in [9.17, 15) is 0 Å². The highest BCUT2D eigenvalue weighted by molar-refractivity contribution is 5.42. The summed E-state index contributed by atoms with van der Waals surface area (Å²) in [7, 11) is 0. The molecule has 0 spiro atoms. The SMILES string of the molecule is C=C(CNC(C)(C)C)COc1ccccc1C#N. The number of ether oxygens (including phenoxy) is 1. The second kappa shape index (κ2) is 6.23. The molecule has 0 aliphatic rings. The second-order valence-electron chi connectivity index (χ2n) is 5.25. The van der Waals surface area contributed by atoms with Crippen molar-refractivity contribution in [1.82, 2.24) is 5.32 Å². The highest BCUT2D eigenvalue weighted by Crippen LogP contribution is 2.17. The van der Waals surface area contributed by atoms with Crippen molar-refractivity contribution in [3.05, 3.63) is 42.0 Å². The number of para-hydroxylation sites is 1. The Bertz CT molecular complexity index is 452. The molecular weight excluding hydrogens is 224 g/mol. The number of hydrogen-bond donors (Lipinski definition) is 1. The smallest absolute Gasteiger partial charge is 0.137 e. The lowest BCUT2D eigenvalue weighted by molar-refractivity contribution is 0.340. The molecule has 0 radical (unpaired) electrons. The topological polar surface area (TPSA) is 45.0 Å². The number of rotatable bonds is 5. The largest absolute Gasteiger partial charge is 0.488 e. The monoisotopic (exact) mass is 244 g/mol. The molecule has 0 aliphatic heterocycles. The number of benzene rings is 1. The van der Waals surface area contributed by atoms with Crippen LogP contribution in [0.4, 0.5) is 0 Å². The Labute approximate surface area is 109 Å². The Morgan fingerprint density at radius 2 is 2.06 bits per heavy atom. The molecular formula is C15H20N2O. The first-order valence-corrected chi connectivity index (χ1v) is 5.96. The average molecular weight is 244 g/mol. The third-order valence-corrected chi connectivity index (χ3v) is 2.31. The molecule has 0 bridgehead atoms. The summed E-state index contributed by atoms with van der Waals surface area (Å²) >= 11 is 0. The Morgan fingerprint density at radius 3 is 2.67 bits per heavy atom. The van der Waals surface area contributed by atoms with Gasteiger partial charge >= 0.3 is 0 Å². The summed E-state index contributed by atoms with van der Waals surface area (Å²) in [5, 5.41) is 12.3. The van der Waals surface area contributed by atoms with Crippen LogP contribution in [-0.4, -0.2) is 18.7 Å². The Morgan fingerprint density at radius 1 is 1.39 bits per heavy atom. The minimum Gasteiger partial charge on any atom is -0.488 e. The molecule has 0 amide bonds. The first-order chi connectivity index (χ1) is 8.42. The quantitative estimate of drug-likeness (QED) is 0.810. The number of nitrogens with one attached hydrogen (secondary N) is 1. The van der Waals surface area contributed by atoms with Gasteiger partial charge in [-0.25, -0.2) is 0 Å². The molecule has 0 unspecified atom stereocenters. The van der Waals surface area contributed by atoms with E-state index in [0.29, 0.717) is 24.5 Å². The van der Waals surface area contributed by atoms with Crippen molar-refractivity contribution >= 4 is 0 Å². The van der Waals surface area contributed by atoms with Gasteiger partial charge in [0.2, 0.25) is 0 Å². The van der Waals surface area contributed by atoms with E-state index >= 15 is 0 Å². The summed E-state index contributed by atoms with van der Waals surface area (Å²) < 4.78 is 5.59. The van der Waals surface area contributed by atoms with Crippen LogP contribution in [0.2, 0.25) is 0 Å². The van der Waals surface area contributed by atoms with E-state index in [0.717, 1.165) is 5.57 Å². The van der Waals surface area contributed by atoms with Gasteiger partial charge in [-0.1, -0.05) is 18.7 Å². The fourth-order valence-corrected chi connectivity index (χ4v) is 1.31. The van der Waals surface area contributed by atoms with Crippen LogP contribution < -0.4 is 10.1 Å².